The highest BCUT2D eigenvalue weighted by atomic mass is 16.5. The van der Waals surface area contributed by atoms with Gasteiger partial charge in [0.2, 0.25) is 5.91 Å². The van der Waals surface area contributed by atoms with Crippen molar-refractivity contribution in [3.05, 3.63) is 54.9 Å². The Morgan fingerprint density at radius 1 is 1.07 bits per heavy atom. The van der Waals surface area contributed by atoms with E-state index in [0.29, 0.717) is 30.9 Å². The molecule has 4 rings (SSSR count). The molecule has 1 aliphatic rings. The minimum absolute atomic E-state index is 0.0807. The Hall–Kier alpha value is -3.39. The number of benzene rings is 2. The van der Waals surface area contributed by atoms with E-state index in [0.717, 1.165) is 30.5 Å². The number of aromatic nitrogens is 2. The lowest BCUT2D eigenvalue weighted by molar-refractivity contribution is -0.116. The lowest BCUT2D eigenvalue weighted by Crippen LogP contribution is -2.35. The van der Waals surface area contributed by atoms with Crippen molar-refractivity contribution >= 4 is 34.3 Å². The number of hydrogen-bond donors (Lipinski definition) is 3. The molecule has 2 aromatic carbocycles. The summed E-state index contributed by atoms with van der Waals surface area (Å²) in [5, 5.41) is 8.47. The predicted octanol–water partition coefficient (Wildman–Crippen LogP) is 3.37. The Morgan fingerprint density at radius 3 is 2.60 bits per heavy atom. The van der Waals surface area contributed by atoms with Gasteiger partial charge in [0.1, 0.15) is 0 Å². The van der Waals surface area contributed by atoms with Crippen molar-refractivity contribution in [2.45, 2.75) is 31.9 Å². The van der Waals surface area contributed by atoms with Crippen LogP contribution < -0.4 is 16.0 Å². The molecular formula is C22H25N5O3. The molecule has 2 heterocycles. The van der Waals surface area contributed by atoms with E-state index < -0.39 is 0 Å². The highest BCUT2D eigenvalue weighted by Gasteiger charge is 2.16. The number of ether oxygens (including phenoxy) is 1. The maximum atomic E-state index is 12.3. The first-order valence-corrected chi connectivity index (χ1v) is 10.1. The number of rotatable bonds is 7. The van der Waals surface area contributed by atoms with Gasteiger partial charge >= 0.3 is 6.03 Å². The van der Waals surface area contributed by atoms with E-state index in [1.807, 2.05) is 28.8 Å². The second-order valence-electron chi connectivity index (χ2n) is 7.27. The number of nitrogens with zero attached hydrogens (tertiary/aromatic N) is 2. The molecule has 1 saturated heterocycles. The first kappa shape index (κ1) is 19.9. The summed E-state index contributed by atoms with van der Waals surface area (Å²) in [6, 6.07) is 14.6. The largest absolute Gasteiger partial charge is 0.376 e. The van der Waals surface area contributed by atoms with Crippen LogP contribution in [0.2, 0.25) is 0 Å². The summed E-state index contributed by atoms with van der Waals surface area (Å²) >= 11 is 0. The minimum Gasteiger partial charge on any atom is -0.376 e. The van der Waals surface area contributed by atoms with Gasteiger partial charge in [0, 0.05) is 37.5 Å². The Bertz CT molecular complexity index is 1010. The molecule has 3 amide bonds. The first-order valence-electron chi connectivity index (χ1n) is 10.1. The third kappa shape index (κ3) is 5.15. The van der Waals surface area contributed by atoms with E-state index in [-0.39, 0.29) is 18.0 Å². The summed E-state index contributed by atoms with van der Waals surface area (Å²) in [5.74, 6) is -0.0807. The molecule has 1 unspecified atom stereocenters. The normalized spacial score (nSPS) is 15.8. The van der Waals surface area contributed by atoms with Gasteiger partial charge < -0.3 is 25.3 Å². The van der Waals surface area contributed by atoms with Gasteiger partial charge in [-0.3, -0.25) is 4.79 Å². The number of para-hydroxylation sites is 2. The quantitative estimate of drug-likeness (QED) is 0.559. The minimum atomic E-state index is -0.269. The number of urea groups is 1. The fourth-order valence-corrected chi connectivity index (χ4v) is 3.46. The number of aryl methyl sites for hydroxylation is 1. The summed E-state index contributed by atoms with van der Waals surface area (Å²) in [7, 11) is 0. The zero-order valence-corrected chi connectivity index (χ0v) is 16.6. The molecule has 3 N–H and O–H groups in total. The Labute approximate surface area is 174 Å². The highest BCUT2D eigenvalue weighted by molar-refractivity contribution is 5.92. The van der Waals surface area contributed by atoms with Crippen molar-refractivity contribution in [3.8, 4) is 0 Å². The average Bonchev–Trinajstić information content (AvgIpc) is 3.42. The maximum absolute atomic E-state index is 12.3. The van der Waals surface area contributed by atoms with Crippen LogP contribution in [-0.2, 0) is 16.1 Å². The number of imidazole rings is 1. The molecule has 8 nitrogen and oxygen atoms in total. The molecule has 1 atom stereocenters. The molecule has 3 aromatic rings. The van der Waals surface area contributed by atoms with Gasteiger partial charge in [0.15, 0.2) is 0 Å². The summed E-state index contributed by atoms with van der Waals surface area (Å²) in [5.41, 5.74) is 3.27. The molecule has 0 saturated carbocycles. The van der Waals surface area contributed by atoms with Gasteiger partial charge in [-0.1, -0.05) is 12.1 Å². The molecule has 0 aliphatic carbocycles. The summed E-state index contributed by atoms with van der Waals surface area (Å²) in [6.45, 7) is 1.82. The Kier molecular flexibility index (Phi) is 6.24. The fourth-order valence-electron chi connectivity index (χ4n) is 3.46. The van der Waals surface area contributed by atoms with Crippen molar-refractivity contribution in [1.82, 2.24) is 14.9 Å². The maximum Gasteiger partial charge on any atom is 0.319 e. The van der Waals surface area contributed by atoms with Crippen LogP contribution in [0.4, 0.5) is 16.2 Å². The summed E-state index contributed by atoms with van der Waals surface area (Å²) in [4.78, 5) is 28.6. The number of amides is 3. The molecule has 1 fully saturated rings. The number of carbonyl (C=O) groups is 2. The molecule has 30 heavy (non-hydrogen) atoms. The van der Waals surface area contributed by atoms with Crippen molar-refractivity contribution in [1.29, 1.82) is 0 Å². The fraction of sp³-hybridized carbons (Fsp3) is 0.318. The van der Waals surface area contributed by atoms with E-state index in [4.69, 9.17) is 4.74 Å². The SMILES string of the molecule is O=C(CCn1cnc2ccccc21)Nc1ccc(NC(=O)NCC2CCCO2)cc1. The lowest BCUT2D eigenvalue weighted by atomic mass is 10.2. The number of carbonyl (C=O) groups excluding carboxylic acids is 2. The third-order valence-corrected chi connectivity index (χ3v) is 5.05. The van der Waals surface area contributed by atoms with E-state index in [1.165, 1.54) is 0 Å². The topological polar surface area (TPSA) is 97.3 Å². The molecular weight excluding hydrogens is 382 g/mol. The summed E-state index contributed by atoms with van der Waals surface area (Å²) < 4.78 is 7.45. The van der Waals surface area contributed by atoms with Crippen molar-refractivity contribution in [2.24, 2.45) is 0 Å². The van der Waals surface area contributed by atoms with Crippen LogP contribution in [0.15, 0.2) is 54.9 Å². The monoisotopic (exact) mass is 407 g/mol. The lowest BCUT2D eigenvalue weighted by Gasteiger charge is -2.12. The number of fused-ring (bicyclic) bond motifs is 1. The average molecular weight is 407 g/mol. The van der Waals surface area contributed by atoms with Crippen LogP contribution in [0, 0.1) is 0 Å². The van der Waals surface area contributed by atoms with Crippen LogP contribution in [0.25, 0.3) is 11.0 Å². The van der Waals surface area contributed by atoms with E-state index in [1.54, 1.807) is 30.6 Å². The second-order valence-corrected chi connectivity index (χ2v) is 7.27. The standard InChI is InChI=1S/C22H25N5O3/c28-21(11-12-27-15-24-19-5-1-2-6-20(19)27)25-16-7-9-17(10-8-16)26-22(29)23-14-18-4-3-13-30-18/h1-2,5-10,15,18H,3-4,11-14H2,(H,25,28)(H2,23,26,29). The first-order chi connectivity index (χ1) is 14.7. The van der Waals surface area contributed by atoms with Crippen LogP contribution in [0.1, 0.15) is 19.3 Å². The molecule has 0 radical (unpaired) electrons. The summed E-state index contributed by atoms with van der Waals surface area (Å²) in [6.07, 6.45) is 4.22. The molecule has 1 aliphatic heterocycles. The second kappa shape index (κ2) is 9.41. The number of anilines is 2. The van der Waals surface area contributed by atoms with Gasteiger partial charge in [0.05, 0.1) is 23.5 Å². The third-order valence-electron chi connectivity index (χ3n) is 5.05. The van der Waals surface area contributed by atoms with Gasteiger partial charge in [-0.15, -0.1) is 0 Å². The smallest absolute Gasteiger partial charge is 0.319 e. The van der Waals surface area contributed by atoms with Crippen LogP contribution >= 0.6 is 0 Å². The Balaban J connectivity index is 1.22. The molecule has 1 aromatic heterocycles. The zero-order chi connectivity index (χ0) is 20.8. The van der Waals surface area contributed by atoms with Gasteiger partial charge in [-0.25, -0.2) is 9.78 Å². The van der Waals surface area contributed by atoms with Crippen LogP contribution in [0.3, 0.4) is 0 Å². The predicted molar refractivity (Wildman–Crippen MR) is 115 cm³/mol. The van der Waals surface area contributed by atoms with Crippen molar-refractivity contribution in [3.63, 3.8) is 0 Å². The number of nitrogens with one attached hydrogen (secondary N) is 3. The molecule has 8 heteroatoms. The molecule has 0 bridgehead atoms. The van der Waals surface area contributed by atoms with Gasteiger partial charge in [-0.2, -0.15) is 0 Å². The van der Waals surface area contributed by atoms with Crippen molar-refractivity contribution < 1.29 is 14.3 Å². The zero-order valence-electron chi connectivity index (χ0n) is 16.6. The molecule has 0 spiro atoms. The highest BCUT2D eigenvalue weighted by Crippen LogP contribution is 2.15. The Morgan fingerprint density at radius 2 is 1.83 bits per heavy atom. The van der Waals surface area contributed by atoms with Gasteiger partial charge in [0.25, 0.3) is 0 Å². The van der Waals surface area contributed by atoms with E-state index in [2.05, 4.69) is 20.9 Å². The number of hydrogen-bond acceptors (Lipinski definition) is 4. The van der Waals surface area contributed by atoms with Crippen LogP contribution in [-0.4, -0.2) is 40.7 Å². The molecule has 156 valence electrons. The van der Waals surface area contributed by atoms with Crippen LogP contribution in [0.5, 0.6) is 0 Å². The van der Waals surface area contributed by atoms with E-state index >= 15 is 0 Å². The van der Waals surface area contributed by atoms with Gasteiger partial charge in [-0.05, 0) is 49.2 Å². The van der Waals surface area contributed by atoms with E-state index in [9.17, 15) is 9.59 Å². The van der Waals surface area contributed by atoms with Crippen molar-refractivity contribution in [2.75, 3.05) is 23.8 Å².